The molecule has 0 heterocycles. The van der Waals surface area contributed by atoms with E-state index < -0.39 is 18.0 Å². The molecule has 2 N–H and O–H groups in total. The molecule has 0 spiro atoms. The number of hydrogen-bond acceptors (Lipinski definition) is 4. The number of rotatable bonds is 5. The van der Waals surface area contributed by atoms with E-state index in [0.29, 0.717) is 0 Å². The highest BCUT2D eigenvalue weighted by Gasteiger charge is 2.23. The largest absolute Gasteiger partial charge is 0.348 e. The van der Waals surface area contributed by atoms with E-state index in [1.165, 1.54) is 11.3 Å². The van der Waals surface area contributed by atoms with Crippen molar-refractivity contribution in [2.75, 3.05) is 27.7 Å². The van der Waals surface area contributed by atoms with Crippen molar-refractivity contribution < 1.29 is 14.4 Å². The highest BCUT2D eigenvalue weighted by Crippen LogP contribution is 2.17. The van der Waals surface area contributed by atoms with Crippen LogP contribution in [0, 0.1) is 0 Å². The van der Waals surface area contributed by atoms with Gasteiger partial charge in [-0.15, -0.1) is 0 Å². The van der Waals surface area contributed by atoms with Crippen LogP contribution in [0.15, 0.2) is 0 Å². The Kier molecular flexibility index (Phi) is 7.31. The Labute approximate surface area is 132 Å². The first-order valence-corrected chi connectivity index (χ1v) is 7.83. The summed E-state index contributed by atoms with van der Waals surface area (Å²) in [6, 6.07) is -0.845. The van der Waals surface area contributed by atoms with Crippen LogP contribution >= 0.6 is 0 Å². The van der Waals surface area contributed by atoms with E-state index in [9.17, 15) is 14.4 Å². The molecular weight excluding hydrogens is 284 g/mol. The summed E-state index contributed by atoms with van der Waals surface area (Å²) in [7, 11) is 5.02. The van der Waals surface area contributed by atoms with E-state index in [2.05, 4.69) is 10.6 Å². The van der Waals surface area contributed by atoms with Gasteiger partial charge in [0.15, 0.2) is 0 Å². The van der Waals surface area contributed by atoms with E-state index in [-0.39, 0.29) is 18.5 Å². The molecule has 0 radical (unpaired) electrons. The lowest BCUT2D eigenvalue weighted by Crippen LogP contribution is -2.52. The van der Waals surface area contributed by atoms with E-state index >= 15 is 0 Å². The number of imide groups is 1. The SMILES string of the molecule is C[C@@H](C(=O)NC(=O)NC1CCCCC1)N(C)CC(=O)N(C)C. The molecule has 22 heavy (non-hydrogen) atoms. The molecular formula is C15H28N4O3. The Morgan fingerprint density at radius 2 is 1.68 bits per heavy atom. The second-order valence-electron chi connectivity index (χ2n) is 6.18. The lowest BCUT2D eigenvalue weighted by molar-refractivity contribution is -0.131. The smallest absolute Gasteiger partial charge is 0.321 e. The minimum absolute atomic E-state index is 0.0891. The number of amides is 4. The van der Waals surface area contributed by atoms with Crippen molar-refractivity contribution in [3.05, 3.63) is 0 Å². The Morgan fingerprint density at radius 3 is 2.23 bits per heavy atom. The monoisotopic (exact) mass is 312 g/mol. The molecule has 0 aromatic heterocycles. The van der Waals surface area contributed by atoms with Gasteiger partial charge in [0.05, 0.1) is 12.6 Å². The molecule has 0 aliphatic heterocycles. The van der Waals surface area contributed by atoms with Gasteiger partial charge in [0.2, 0.25) is 11.8 Å². The number of nitrogens with one attached hydrogen (secondary N) is 2. The van der Waals surface area contributed by atoms with Crippen LogP contribution in [0.1, 0.15) is 39.0 Å². The number of urea groups is 1. The third-order valence-electron chi connectivity index (χ3n) is 4.10. The summed E-state index contributed by atoms with van der Waals surface area (Å²) in [5, 5.41) is 5.19. The van der Waals surface area contributed by atoms with Gasteiger partial charge in [-0.2, -0.15) is 0 Å². The molecule has 1 saturated carbocycles. The predicted octanol–water partition coefficient (Wildman–Crippen LogP) is 0.553. The van der Waals surface area contributed by atoms with Gasteiger partial charge in [-0.3, -0.25) is 19.8 Å². The molecule has 126 valence electrons. The van der Waals surface area contributed by atoms with Crippen LogP contribution in [-0.4, -0.2) is 67.4 Å². The maximum Gasteiger partial charge on any atom is 0.321 e. The average Bonchev–Trinajstić information content (AvgIpc) is 2.46. The molecule has 0 bridgehead atoms. The van der Waals surface area contributed by atoms with E-state index in [1.54, 1.807) is 33.0 Å². The summed E-state index contributed by atoms with van der Waals surface area (Å²) in [5.74, 6) is -0.490. The highest BCUT2D eigenvalue weighted by atomic mass is 16.2. The van der Waals surface area contributed by atoms with E-state index in [4.69, 9.17) is 0 Å². The molecule has 0 aromatic carbocycles. The first kappa shape index (κ1) is 18.4. The normalized spacial score (nSPS) is 17.0. The van der Waals surface area contributed by atoms with E-state index in [0.717, 1.165) is 25.7 Å². The van der Waals surface area contributed by atoms with Crippen LogP contribution in [0.2, 0.25) is 0 Å². The second-order valence-corrected chi connectivity index (χ2v) is 6.18. The van der Waals surface area contributed by atoms with Crippen molar-refractivity contribution >= 4 is 17.8 Å². The Hall–Kier alpha value is -1.63. The zero-order valence-electron chi connectivity index (χ0n) is 14.0. The Morgan fingerprint density at radius 1 is 1.09 bits per heavy atom. The standard InChI is InChI=1S/C15H28N4O3/c1-11(19(4)10-13(20)18(2)3)14(21)17-15(22)16-12-8-6-5-7-9-12/h11-12H,5-10H2,1-4H3,(H2,16,17,21,22)/t11-/m0/s1. The molecule has 0 aromatic rings. The fraction of sp³-hybridized carbons (Fsp3) is 0.800. The topological polar surface area (TPSA) is 81.8 Å². The van der Waals surface area contributed by atoms with Crippen molar-refractivity contribution in [2.24, 2.45) is 0 Å². The number of carbonyl (C=O) groups is 3. The number of hydrogen-bond donors (Lipinski definition) is 2. The highest BCUT2D eigenvalue weighted by molar-refractivity contribution is 5.97. The maximum absolute atomic E-state index is 12.0. The van der Waals surface area contributed by atoms with Gasteiger partial charge in [-0.05, 0) is 26.8 Å². The van der Waals surface area contributed by atoms with Crippen molar-refractivity contribution in [3.63, 3.8) is 0 Å². The third kappa shape index (κ3) is 6.01. The summed E-state index contributed by atoms with van der Waals surface area (Å²) in [5.41, 5.74) is 0. The lowest BCUT2D eigenvalue weighted by Gasteiger charge is -2.26. The maximum atomic E-state index is 12.0. The van der Waals surface area contributed by atoms with Crippen LogP contribution in [0.4, 0.5) is 4.79 Å². The Bertz CT molecular complexity index is 406. The number of carbonyl (C=O) groups excluding carboxylic acids is 3. The summed E-state index contributed by atoms with van der Waals surface area (Å²) in [4.78, 5) is 38.6. The van der Waals surface area contributed by atoms with Crippen LogP contribution < -0.4 is 10.6 Å². The van der Waals surface area contributed by atoms with Crippen molar-refractivity contribution in [3.8, 4) is 0 Å². The van der Waals surface area contributed by atoms with Gasteiger partial charge in [-0.1, -0.05) is 19.3 Å². The van der Waals surface area contributed by atoms with Gasteiger partial charge in [0, 0.05) is 20.1 Å². The molecule has 0 unspecified atom stereocenters. The van der Waals surface area contributed by atoms with Gasteiger partial charge in [0.1, 0.15) is 0 Å². The van der Waals surface area contributed by atoms with Crippen molar-refractivity contribution in [1.82, 2.24) is 20.4 Å². The molecule has 1 rings (SSSR count). The van der Waals surface area contributed by atoms with Gasteiger partial charge in [-0.25, -0.2) is 4.79 Å². The first-order chi connectivity index (χ1) is 10.3. The number of nitrogens with zero attached hydrogens (tertiary/aromatic N) is 2. The van der Waals surface area contributed by atoms with Crippen molar-refractivity contribution in [2.45, 2.75) is 51.1 Å². The lowest BCUT2D eigenvalue weighted by atomic mass is 9.96. The van der Waals surface area contributed by atoms with Crippen molar-refractivity contribution in [1.29, 1.82) is 0 Å². The molecule has 7 nitrogen and oxygen atoms in total. The van der Waals surface area contributed by atoms with Crippen LogP contribution in [0.5, 0.6) is 0 Å². The minimum Gasteiger partial charge on any atom is -0.348 e. The quantitative estimate of drug-likeness (QED) is 0.777. The Balaban J connectivity index is 2.38. The zero-order valence-corrected chi connectivity index (χ0v) is 14.0. The molecule has 1 atom stereocenters. The molecule has 7 heteroatoms. The summed E-state index contributed by atoms with van der Waals surface area (Å²) in [6.45, 7) is 1.80. The summed E-state index contributed by atoms with van der Waals surface area (Å²) >= 11 is 0. The minimum atomic E-state index is -0.555. The first-order valence-electron chi connectivity index (χ1n) is 7.83. The number of likely N-dealkylation sites (N-methyl/N-ethyl adjacent to an activating group) is 2. The summed E-state index contributed by atoms with van der Waals surface area (Å²) in [6.07, 6.45) is 5.37. The molecule has 1 aliphatic carbocycles. The molecule has 1 aliphatic rings. The fourth-order valence-corrected chi connectivity index (χ4v) is 2.38. The van der Waals surface area contributed by atoms with Crippen LogP contribution in [-0.2, 0) is 9.59 Å². The zero-order chi connectivity index (χ0) is 16.7. The molecule has 1 fully saturated rings. The van der Waals surface area contributed by atoms with Gasteiger partial charge >= 0.3 is 6.03 Å². The predicted molar refractivity (Wildman–Crippen MR) is 84.3 cm³/mol. The second kappa shape index (κ2) is 8.73. The van der Waals surface area contributed by atoms with Gasteiger partial charge in [0.25, 0.3) is 0 Å². The molecule has 0 saturated heterocycles. The average molecular weight is 312 g/mol. The van der Waals surface area contributed by atoms with Crippen LogP contribution in [0.25, 0.3) is 0 Å². The van der Waals surface area contributed by atoms with Gasteiger partial charge < -0.3 is 10.2 Å². The third-order valence-corrected chi connectivity index (χ3v) is 4.10. The van der Waals surface area contributed by atoms with Crippen LogP contribution in [0.3, 0.4) is 0 Å². The molecule has 4 amide bonds. The summed E-state index contributed by atoms with van der Waals surface area (Å²) < 4.78 is 0. The fourth-order valence-electron chi connectivity index (χ4n) is 2.38. The van der Waals surface area contributed by atoms with E-state index in [1.807, 2.05) is 0 Å².